The maximum atomic E-state index is 13.4. The van der Waals surface area contributed by atoms with Gasteiger partial charge in [0.1, 0.15) is 5.52 Å². The molecule has 2 aromatic carbocycles. The van der Waals surface area contributed by atoms with Crippen LogP contribution in [0.3, 0.4) is 0 Å². The van der Waals surface area contributed by atoms with Crippen molar-refractivity contribution in [1.29, 1.82) is 0 Å². The van der Waals surface area contributed by atoms with Gasteiger partial charge in [0.2, 0.25) is 0 Å². The van der Waals surface area contributed by atoms with Gasteiger partial charge in [-0.2, -0.15) is 0 Å². The molecule has 3 aromatic rings. The average molecular weight is 371 g/mol. The van der Waals surface area contributed by atoms with Crippen LogP contribution in [0, 0.1) is 6.92 Å². The highest BCUT2D eigenvalue weighted by atomic mass is 16.3. The number of hydrogen-bond donors (Lipinski definition) is 0. The van der Waals surface area contributed by atoms with Gasteiger partial charge in [0.05, 0.1) is 5.69 Å². The van der Waals surface area contributed by atoms with E-state index in [-0.39, 0.29) is 11.9 Å². The highest BCUT2D eigenvalue weighted by molar-refractivity contribution is 5.96. The minimum atomic E-state index is 0.130. The van der Waals surface area contributed by atoms with E-state index in [1.807, 2.05) is 31.3 Å². The highest BCUT2D eigenvalue weighted by Crippen LogP contribution is 2.44. The maximum absolute atomic E-state index is 13.4. The Morgan fingerprint density at radius 2 is 2.14 bits per heavy atom. The lowest BCUT2D eigenvalue weighted by Gasteiger charge is -2.38. The van der Waals surface area contributed by atoms with Gasteiger partial charge in [-0.05, 0) is 60.2 Å². The molecule has 2 aliphatic heterocycles. The van der Waals surface area contributed by atoms with Crippen LogP contribution in [0.15, 0.2) is 39.7 Å². The van der Waals surface area contributed by atoms with Crippen molar-refractivity contribution in [2.24, 2.45) is 4.99 Å². The fourth-order valence-corrected chi connectivity index (χ4v) is 5.22. The second kappa shape index (κ2) is 5.77. The van der Waals surface area contributed by atoms with Crippen molar-refractivity contribution < 1.29 is 9.21 Å². The average Bonchev–Trinajstić information content (AvgIpc) is 3.39. The van der Waals surface area contributed by atoms with E-state index in [4.69, 9.17) is 4.42 Å². The Morgan fingerprint density at radius 1 is 1.21 bits per heavy atom. The van der Waals surface area contributed by atoms with Crippen LogP contribution >= 0.6 is 0 Å². The molecule has 0 spiro atoms. The lowest BCUT2D eigenvalue weighted by atomic mass is 9.88. The summed E-state index contributed by atoms with van der Waals surface area (Å²) in [6.45, 7) is 2.71. The van der Waals surface area contributed by atoms with Gasteiger partial charge >= 0.3 is 0 Å². The molecule has 6 rings (SSSR count). The third kappa shape index (κ3) is 2.28. The number of piperidine rings is 1. The quantitative estimate of drug-likeness (QED) is 0.639. The molecule has 5 nitrogen and oxygen atoms in total. The summed E-state index contributed by atoms with van der Waals surface area (Å²) < 4.78 is 5.75. The standard InChI is InChI=1S/C23H21N3O2/c1-13-25-20-10-16-11-21-17(18(16)12-22(20)28-13)3-2-8-26(21)23(27)15-5-4-14-6-7-24-19(14)9-15/h4-5,7,9-10,12,17,21H,2-3,6,8,11H2,1H3/t17-,21+/m1/s1. The molecular formula is C23H21N3O2. The number of carbonyl (C=O) groups is 1. The van der Waals surface area contributed by atoms with Gasteiger partial charge < -0.3 is 9.32 Å². The number of aliphatic imine (C=N–C) groups is 1. The van der Waals surface area contributed by atoms with Crippen LogP contribution < -0.4 is 0 Å². The number of rotatable bonds is 1. The molecule has 0 unspecified atom stereocenters. The molecule has 2 atom stereocenters. The van der Waals surface area contributed by atoms with Crippen molar-refractivity contribution in [3.63, 3.8) is 0 Å². The van der Waals surface area contributed by atoms with E-state index in [2.05, 4.69) is 27.0 Å². The van der Waals surface area contributed by atoms with Crippen molar-refractivity contribution in [1.82, 2.24) is 9.88 Å². The van der Waals surface area contributed by atoms with Crippen molar-refractivity contribution in [3.05, 3.63) is 58.5 Å². The summed E-state index contributed by atoms with van der Waals surface area (Å²) in [6.07, 6.45) is 5.82. The summed E-state index contributed by atoms with van der Waals surface area (Å²) in [7, 11) is 0. The van der Waals surface area contributed by atoms with Gasteiger partial charge in [-0.1, -0.05) is 6.07 Å². The predicted molar refractivity (Wildman–Crippen MR) is 108 cm³/mol. The molecule has 5 heteroatoms. The maximum Gasteiger partial charge on any atom is 0.254 e. The van der Waals surface area contributed by atoms with Gasteiger partial charge in [-0.15, -0.1) is 0 Å². The third-order valence-corrected chi connectivity index (χ3v) is 6.50. The molecule has 1 aliphatic carbocycles. The van der Waals surface area contributed by atoms with E-state index < -0.39 is 0 Å². The van der Waals surface area contributed by atoms with Crippen LogP contribution in [-0.4, -0.2) is 34.6 Å². The van der Waals surface area contributed by atoms with Crippen molar-refractivity contribution in [2.75, 3.05) is 6.54 Å². The molecule has 0 saturated carbocycles. The summed E-state index contributed by atoms with van der Waals surface area (Å²) >= 11 is 0. The number of aryl methyl sites for hydroxylation is 1. The Balaban J connectivity index is 1.35. The Hall–Kier alpha value is -2.95. The molecular weight excluding hydrogens is 350 g/mol. The van der Waals surface area contributed by atoms with Crippen LogP contribution in [-0.2, 0) is 12.8 Å². The lowest BCUT2D eigenvalue weighted by molar-refractivity contribution is 0.0595. The SMILES string of the molecule is Cc1nc2cc3c(cc2o1)[C@H]1CCCN(C(=O)c2ccc4c(c2)N=CC4)[C@H]1C3. The van der Waals surface area contributed by atoms with E-state index in [9.17, 15) is 4.79 Å². The Labute approximate surface area is 163 Å². The molecule has 1 fully saturated rings. The predicted octanol–water partition coefficient (Wildman–Crippen LogP) is 4.34. The molecule has 3 aliphatic rings. The number of fused-ring (bicyclic) bond motifs is 5. The topological polar surface area (TPSA) is 58.7 Å². The zero-order chi connectivity index (χ0) is 18.8. The lowest BCUT2D eigenvalue weighted by Crippen LogP contribution is -2.46. The molecule has 0 bridgehead atoms. The van der Waals surface area contributed by atoms with Gasteiger partial charge in [0.15, 0.2) is 11.5 Å². The van der Waals surface area contributed by atoms with E-state index >= 15 is 0 Å². The van der Waals surface area contributed by atoms with Crippen LogP contribution in [0.5, 0.6) is 0 Å². The first-order valence-corrected chi connectivity index (χ1v) is 10.0. The summed E-state index contributed by atoms with van der Waals surface area (Å²) in [5, 5.41) is 0. The molecule has 140 valence electrons. The first kappa shape index (κ1) is 16.0. The van der Waals surface area contributed by atoms with Crippen LogP contribution in [0.2, 0.25) is 0 Å². The minimum absolute atomic E-state index is 0.130. The second-order valence-corrected chi connectivity index (χ2v) is 8.13. The Morgan fingerprint density at radius 3 is 3.07 bits per heavy atom. The molecule has 1 amide bonds. The number of aromatic nitrogens is 1. The van der Waals surface area contributed by atoms with Gasteiger partial charge in [-0.3, -0.25) is 9.79 Å². The van der Waals surface area contributed by atoms with Gasteiger partial charge in [0.25, 0.3) is 5.91 Å². The summed E-state index contributed by atoms with van der Waals surface area (Å²) in [6, 6.07) is 10.5. The van der Waals surface area contributed by atoms with Crippen LogP contribution in [0.1, 0.15) is 51.7 Å². The zero-order valence-electron chi connectivity index (χ0n) is 15.8. The third-order valence-electron chi connectivity index (χ3n) is 6.50. The van der Waals surface area contributed by atoms with Crippen molar-refractivity contribution >= 4 is 28.9 Å². The number of hydrogen-bond acceptors (Lipinski definition) is 4. The van der Waals surface area contributed by atoms with E-state index in [1.54, 1.807) is 0 Å². The van der Waals surface area contributed by atoms with Crippen molar-refractivity contribution in [2.45, 2.75) is 44.6 Å². The van der Waals surface area contributed by atoms with Gasteiger partial charge in [0, 0.05) is 43.6 Å². The van der Waals surface area contributed by atoms with Crippen LogP contribution in [0.25, 0.3) is 11.1 Å². The van der Waals surface area contributed by atoms with E-state index in [1.165, 1.54) is 16.7 Å². The Bertz CT molecular complexity index is 1160. The largest absolute Gasteiger partial charge is 0.441 e. The monoisotopic (exact) mass is 371 g/mol. The second-order valence-electron chi connectivity index (χ2n) is 8.13. The molecule has 0 N–H and O–H groups in total. The molecule has 0 radical (unpaired) electrons. The summed E-state index contributed by atoms with van der Waals surface area (Å²) in [5.74, 6) is 1.22. The number of nitrogens with zero attached hydrogens (tertiary/aromatic N) is 3. The molecule has 3 heterocycles. The Kier molecular flexibility index (Phi) is 3.31. The number of amides is 1. The van der Waals surface area contributed by atoms with Crippen LogP contribution in [0.4, 0.5) is 5.69 Å². The highest BCUT2D eigenvalue weighted by Gasteiger charge is 2.41. The fraction of sp³-hybridized carbons (Fsp3) is 0.348. The first-order valence-electron chi connectivity index (χ1n) is 10.0. The number of benzene rings is 2. The zero-order valence-corrected chi connectivity index (χ0v) is 15.8. The fourth-order valence-electron chi connectivity index (χ4n) is 5.22. The molecule has 1 aromatic heterocycles. The number of carbonyl (C=O) groups excluding carboxylic acids is 1. The summed E-state index contributed by atoms with van der Waals surface area (Å²) in [4.78, 5) is 24.3. The normalized spacial score (nSPS) is 22.4. The minimum Gasteiger partial charge on any atom is -0.441 e. The smallest absolute Gasteiger partial charge is 0.254 e. The molecule has 28 heavy (non-hydrogen) atoms. The first-order chi connectivity index (χ1) is 13.7. The van der Waals surface area contributed by atoms with Crippen molar-refractivity contribution in [3.8, 4) is 0 Å². The molecule has 1 saturated heterocycles. The summed E-state index contributed by atoms with van der Waals surface area (Å²) in [5.41, 5.74) is 7.32. The number of likely N-dealkylation sites (tertiary alicyclic amines) is 1. The van der Waals surface area contributed by atoms with E-state index in [0.29, 0.717) is 11.8 Å². The van der Waals surface area contributed by atoms with Gasteiger partial charge in [-0.25, -0.2) is 4.98 Å². The van der Waals surface area contributed by atoms with E-state index in [0.717, 1.165) is 54.6 Å². The number of oxazole rings is 1.